The van der Waals surface area contributed by atoms with Crippen LogP contribution in [-0.2, 0) is 19.1 Å². The van der Waals surface area contributed by atoms with E-state index in [1.807, 2.05) is 0 Å². The molecule has 0 fully saturated rings. The Morgan fingerprint density at radius 3 is 2.23 bits per heavy atom. The zero-order valence-corrected chi connectivity index (χ0v) is 7.78. The number of ether oxygens (including phenoxy) is 2. The van der Waals surface area contributed by atoms with Crippen molar-refractivity contribution >= 4 is 11.9 Å². The number of aliphatic hydroxyl groups excluding tert-OH is 1. The van der Waals surface area contributed by atoms with E-state index in [1.165, 1.54) is 0 Å². The van der Waals surface area contributed by atoms with Gasteiger partial charge in [0, 0.05) is 0 Å². The molecule has 1 atom stereocenters. The topological polar surface area (TPSA) is 72.8 Å². The van der Waals surface area contributed by atoms with E-state index < -0.39 is 18.0 Å². The lowest BCUT2D eigenvalue weighted by molar-refractivity contribution is -0.159. The quantitative estimate of drug-likeness (QED) is 0.611. The van der Waals surface area contributed by atoms with E-state index in [4.69, 9.17) is 5.11 Å². The number of aliphatic hydroxyl groups is 1. The summed E-state index contributed by atoms with van der Waals surface area (Å²) in [6.45, 7) is 3.68. The molecule has 0 aliphatic rings. The first-order valence-electron chi connectivity index (χ1n) is 4.12. The molecule has 13 heavy (non-hydrogen) atoms. The molecule has 0 heterocycles. The van der Waals surface area contributed by atoms with Crippen molar-refractivity contribution in [1.29, 1.82) is 0 Å². The van der Waals surface area contributed by atoms with Gasteiger partial charge in [-0.25, -0.2) is 4.79 Å². The van der Waals surface area contributed by atoms with E-state index in [0.717, 1.165) is 0 Å². The molecule has 0 bridgehead atoms. The predicted octanol–water partition coefficient (Wildman–Crippen LogP) is -0.136. The highest BCUT2D eigenvalue weighted by Gasteiger charge is 2.20. The van der Waals surface area contributed by atoms with Crippen LogP contribution in [0.2, 0.25) is 0 Å². The predicted molar refractivity (Wildman–Crippen MR) is 43.9 cm³/mol. The molecule has 1 N–H and O–H groups in total. The van der Waals surface area contributed by atoms with Crippen LogP contribution in [-0.4, -0.2) is 36.4 Å². The fraction of sp³-hybridized carbons (Fsp3) is 0.750. The van der Waals surface area contributed by atoms with E-state index >= 15 is 0 Å². The summed E-state index contributed by atoms with van der Waals surface area (Å²) in [7, 11) is 0. The zero-order valence-electron chi connectivity index (χ0n) is 7.78. The molecule has 0 aromatic rings. The molecular weight excluding hydrogens is 176 g/mol. The summed E-state index contributed by atoms with van der Waals surface area (Å²) >= 11 is 0. The van der Waals surface area contributed by atoms with Gasteiger partial charge in [-0.05, 0) is 13.8 Å². The molecule has 0 saturated carbocycles. The average Bonchev–Trinajstić information content (AvgIpc) is 2.05. The van der Waals surface area contributed by atoms with Gasteiger partial charge in [0.2, 0.25) is 0 Å². The largest absolute Gasteiger partial charge is 0.466 e. The van der Waals surface area contributed by atoms with Crippen LogP contribution in [0.3, 0.4) is 0 Å². The Hall–Kier alpha value is -1.10. The average molecular weight is 190 g/mol. The van der Waals surface area contributed by atoms with Crippen LogP contribution in [0.25, 0.3) is 0 Å². The van der Waals surface area contributed by atoms with Crippen molar-refractivity contribution in [3.63, 3.8) is 0 Å². The lowest BCUT2D eigenvalue weighted by Crippen LogP contribution is -2.26. The Bertz CT molecular complexity index is 177. The van der Waals surface area contributed by atoms with Crippen LogP contribution >= 0.6 is 0 Å². The summed E-state index contributed by atoms with van der Waals surface area (Å²) < 4.78 is 9.02. The molecule has 0 aromatic carbocycles. The molecule has 76 valence electrons. The van der Waals surface area contributed by atoms with Crippen LogP contribution in [0, 0.1) is 0 Å². The lowest BCUT2D eigenvalue weighted by Gasteiger charge is -2.08. The van der Waals surface area contributed by atoms with Gasteiger partial charge in [0.25, 0.3) is 0 Å². The smallest absolute Gasteiger partial charge is 0.335 e. The molecular formula is C8H14O5. The summed E-state index contributed by atoms with van der Waals surface area (Å²) in [5.74, 6) is -1.40. The molecule has 0 amide bonds. The second-order valence-corrected chi connectivity index (χ2v) is 2.28. The normalized spacial score (nSPS) is 11.9. The molecule has 5 nitrogen and oxygen atoms in total. The maximum absolute atomic E-state index is 10.8. The van der Waals surface area contributed by atoms with Gasteiger partial charge in [-0.3, -0.25) is 4.79 Å². The molecule has 5 heteroatoms. The Balaban J connectivity index is 3.78. The first kappa shape index (κ1) is 11.9. The van der Waals surface area contributed by atoms with E-state index in [0.29, 0.717) is 0 Å². The molecule has 0 radical (unpaired) electrons. The maximum atomic E-state index is 10.8. The molecule has 0 aliphatic heterocycles. The van der Waals surface area contributed by atoms with Crippen molar-refractivity contribution in [2.45, 2.75) is 26.4 Å². The first-order valence-corrected chi connectivity index (χ1v) is 4.12. The van der Waals surface area contributed by atoms with Crippen molar-refractivity contribution in [1.82, 2.24) is 0 Å². The maximum Gasteiger partial charge on any atom is 0.335 e. The first-order chi connectivity index (χ1) is 6.11. The van der Waals surface area contributed by atoms with Crippen molar-refractivity contribution < 1.29 is 24.2 Å². The van der Waals surface area contributed by atoms with E-state index in [2.05, 4.69) is 9.47 Å². The molecule has 0 unspecified atom stereocenters. The van der Waals surface area contributed by atoms with Gasteiger partial charge in [0.15, 0.2) is 6.10 Å². The standard InChI is InChI=1S/C8H14O5/c1-3-12-7(10)5-6(9)8(11)13-4-2/h6,9H,3-5H2,1-2H3/t6-/m1/s1. The van der Waals surface area contributed by atoms with E-state index in [1.54, 1.807) is 13.8 Å². The third-order valence-electron chi connectivity index (χ3n) is 1.22. The third-order valence-corrected chi connectivity index (χ3v) is 1.22. The van der Waals surface area contributed by atoms with Gasteiger partial charge >= 0.3 is 11.9 Å². The van der Waals surface area contributed by atoms with E-state index in [9.17, 15) is 9.59 Å². The number of hydrogen-bond acceptors (Lipinski definition) is 5. The Labute approximate surface area is 76.6 Å². The number of hydrogen-bond donors (Lipinski definition) is 1. The highest BCUT2D eigenvalue weighted by molar-refractivity contribution is 5.81. The van der Waals surface area contributed by atoms with Gasteiger partial charge < -0.3 is 14.6 Å². The van der Waals surface area contributed by atoms with Crippen molar-refractivity contribution in [2.24, 2.45) is 0 Å². The summed E-state index contributed by atoms with van der Waals surface area (Å²) in [5, 5.41) is 9.07. The van der Waals surface area contributed by atoms with Crippen LogP contribution in [0.1, 0.15) is 20.3 Å². The van der Waals surface area contributed by atoms with Gasteiger partial charge in [-0.1, -0.05) is 0 Å². The van der Waals surface area contributed by atoms with Crippen molar-refractivity contribution in [3.8, 4) is 0 Å². The summed E-state index contributed by atoms with van der Waals surface area (Å²) in [4.78, 5) is 21.6. The van der Waals surface area contributed by atoms with E-state index in [-0.39, 0.29) is 19.6 Å². The minimum absolute atomic E-state index is 0.179. The molecule has 0 aromatic heterocycles. The summed E-state index contributed by atoms with van der Waals surface area (Å²) in [6, 6.07) is 0. The zero-order chi connectivity index (χ0) is 10.3. The Morgan fingerprint density at radius 2 is 1.77 bits per heavy atom. The molecule has 0 spiro atoms. The van der Waals surface area contributed by atoms with Crippen molar-refractivity contribution in [2.75, 3.05) is 13.2 Å². The van der Waals surface area contributed by atoms with Crippen LogP contribution in [0.5, 0.6) is 0 Å². The number of carbonyl (C=O) groups is 2. The fourth-order valence-corrected chi connectivity index (χ4v) is 0.700. The fourth-order valence-electron chi connectivity index (χ4n) is 0.700. The Morgan fingerprint density at radius 1 is 1.23 bits per heavy atom. The SMILES string of the molecule is CCOC(=O)C[C@@H](O)C(=O)OCC. The minimum atomic E-state index is -1.42. The third kappa shape index (κ3) is 5.19. The highest BCUT2D eigenvalue weighted by atomic mass is 16.6. The number of esters is 2. The minimum Gasteiger partial charge on any atom is -0.466 e. The lowest BCUT2D eigenvalue weighted by atomic mass is 10.2. The second kappa shape index (κ2) is 6.42. The monoisotopic (exact) mass is 190 g/mol. The van der Waals surface area contributed by atoms with Crippen LogP contribution in [0.15, 0.2) is 0 Å². The van der Waals surface area contributed by atoms with Crippen LogP contribution < -0.4 is 0 Å². The summed E-state index contributed by atoms with van der Waals surface area (Å²) in [5.41, 5.74) is 0. The number of carbonyl (C=O) groups excluding carboxylic acids is 2. The molecule has 0 rings (SSSR count). The van der Waals surface area contributed by atoms with Gasteiger partial charge in [0.05, 0.1) is 19.6 Å². The second-order valence-electron chi connectivity index (χ2n) is 2.28. The highest BCUT2D eigenvalue weighted by Crippen LogP contribution is 1.97. The van der Waals surface area contributed by atoms with Gasteiger partial charge in [-0.2, -0.15) is 0 Å². The van der Waals surface area contributed by atoms with Crippen molar-refractivity contribution in [3.05, 3.63) is 0 Å². The number of rotatable bonds is 5. The summed E-state index contributed by atoms with van der Waals surface area (Å²) in [6.07, 6.45) is -1.77. The van der Waals surface area contributed by atoms with Crippen LogP contribution in [0.4, 0.5) is 0 Å². The molecule has 0 aliphatic carbocycles. The molecule has 0 saturated heterocycles. The van der Waals surface area contributed by atoms with Gasteiger partial charge in [-0.15, -0.1) is 0 Å². The Kier molecular flexibility index (Phi) is 5.88. The van der Waals surface area contributed by atoms with Gasteiger partial charge in [0.1, 0.15) is 0 Å².